The Labute approximate surface area is 171 Å². The smallest absolute Gasteiger partial charge is 0.249 e. The second-order valence-corrected chi connectivity index (χ2v) is 7.63. The zero-order valence-electron chi connectivity index (χ0n) is 15.1. The maximum atomic E-state index is 5.97. The van der Waals surface area contributed by atoms with Gasteiger partial charge in [0, 0.05) is 21.0 Å². The van der Waals surface area contributed by atoms with E-state index in [1.54, 1.807) is 0 Å². The molecule has 0 radical (unpaired) electrons. The zero-order valence-corrected chi connectivity index (χ0v) is 16.7. The molecule has 0 atom stereocenters. The molecule has 0 aliphatic rings. The first kappa shape index (κ1) is 17.0. The molecule has 0 bridgehead atoms. The van der Waals surface area contributed by atoms with Gasteiger partial charge in [-0.15, -0.1) is 0 Å². The Kier molecular flexibility index (Phi) is 4.34. The van der Waals surface area contributed by atoms with E-state index in [1.165, 1.54) is 5.56 Å². The van der Waals surface area contributed by atoms with Gasteiger partial charge < -0.3 is 4.42 Å². The summed E-state index contributed by atoms with van der Waals surface area (Å²) in [6.45, 7) is 0.825. The van der Waals surface area contributed by atoms with Crippen molar-refractivity contribution in [3.63, 3.8) is 0 Å². The van der Waals surface area contributed by atoms with Crippen molar-refractivity contribution in [3.8, 4) is 17.0 Å². The van der Waals surface area contributed by atoms with Crippen LogP contribution >= 0.6 is 15.9 Å². The lowest BCUT2D eigenvalue weighted by molar-refractivity contribution is -0.687. The molecular formula is C24H18BrN2O+. The summed E-state index contributed by atoms with van der Waals surface area (Å²) in [4.78, 5) is 0. The van der Waals surface area contributed by atoms with E-state index in [-0.39, 0.29) is 0 Å². The summed E-state index contributed by atoms with van der Waals surface area (Å²) in [6, 6.07) is 26.9. The van der Waals surface area contributed by atoms with Crippen molar-refractivity contribution in [1.82, 2.24) is 4.57 Å². The SMILES string of the molecule is Brc1ccccc1C[n+]1ccn(-c2ccc(-c3cc4ccccc4o3)cc2)c1. The molecule has 4 heteroatoms. The lowest BCUT2D eigenvalue weighted by Crippen LogP contribution is -2.31. The number of hydrogen-bond acceptors (Lipinski definition) is 1. The first-order valence-corrected chi connectivity index (χ1v) is 9.95. The highest BCUT2D eigenvalue weighted by atomic mass is 79.9. The van der Waals surface area contributed by atoms with Crippen molar-refractivity contribution in [1.29, 1.82) is 0 Å². The molecule has 0 aliphatic heterocycles. The van der Waals surface area contributed by atoms with Gasteiger partial charge in [0.25, 0.3) is 0 Å². The van der Waals surface area contributed by atoms with Gasteiger partial charge in [0.05, 0.1) is 0 Å². The number of furan rings is 1. The molecule has 2 aromatic heterocycles. The minimum Gasteiger partial charge on any atom is -0.456 e. The van der Waals surface area contributed by atoms with E-state index in [9.17, 15) is 0 Å². The van der Waals surface area contributed by atoms with Crippen molar-refractivity contribution >= 4 is 26.9 Å². The van der Waals surface area contributed by atoms with Gasteiger partial charge in [-0.1, -0.05) is 52.3 Å². The Balaban J connectivity index is 1.39. The molecule has 0 saturated heterocycles. The molecule has 3 nitrogen and oxygen atoms in total. The average molecular weight is 430 g/mol. The first-order chi connectivity index (χ1) is 13.8. The molecule has 2 heterocycles. The summed E-state index contributed by atoms with van der Waals surface area (Å²) in [7, 11) is 0. The highest BCUT2D eigenvalue weighted by Gasteiger charge is 2.10. The van der Waals surface area contributed by atoms with Crippen LogP contribution in [0.3, 0.4) is 0 Å². The summed E-state index contributed by atoms with van der Waals surface area (Å²) < 4.78 is 11.4. The first-order valence-electron chi connectivity index (χ1n) is 9.16. The minimum absolute atomic E-state index is 0.825. The molecular weight excluding hydrogens is 412 g/mol. The van der Waals surface area contributed by atoms with E-state index < -0.39 is 0 Å². The lowest BCUT2D eigenvalue weighted by Gasteiger charge is -2.01. The molecule has 5 rings (SSSR count). The summed E-state index contributed by atoms with van der Waals surface area (Å²) in [5.74, 6) is 0.893. The van der Waals surface area contributed by atoms with Crippen molar-refractivity contribution in [3.05, 3.63) is 108 Å². The second kappa shape index (κ2) is 7.13. The monoisotopic (exact) mass is 429 g/mol. The van der Waals surface area contributed by atoms with Gasteiger partial charge in [-0.3, -0.25) is 0 Å². The van der Waals surface area contributed by atoms with Gasteiger partial charge in [-0.25, -0.2) is 9.13 Å². The quantitative estimate of drug-likeness (QED) is 0.321. The molecule has 0 saturated carbocycles. The van der Waals surface area contributed by atoms with E-state index in [2.05, 4.69) is 98.4 Å². The van der Waals surface area contributed by atoms with Gasteiger partial charge in [-0.05, 0) is 42.5 Å². The normalized spacial score (nSPS) is 11.2. The van der Waals surface area contributed by atoms with Gasteiger partial charge in [0.1, 0.15) is 36.0 Å². The van der Waals surface area contributed by atoms with Crippen LogP contribution in [0.15, 0.2) is 106 Å². The number of para-hydroxylation sites is 1. The summed E-state index contributed by atoms with van der Waals surface area (Å²) in [6.07, 6.45) is 6.27. The standard InChI is InChI=1S/C24H18BrN2O/c25-22-7-3-1-6-20(22)16-26-13-14-27(17-26)21-11-9-18(10-12-21)24-15-19-5-2-4-8-23(19)28-24/h1-15,17H,16H2/q+1. The topological polar surface area (TPSA) is 21.9 Å². The molecule has 28 heavy (non-hydrogen) atoms. The predicted molar refractivity (Wildman–Crippen MR) is 114 cm³/mol. The van der Waals surface area contributed by atoms with E-state index >= 15 is 0 Å². The molecule has 0 fully saturated rings. The number of halogens is 1. The predicted octanol–water partition coefficient (Wildman–Crippen LogP) is 5.99. The Morgan fingerprint density at radius 1 is 0.893 bits per heavy atom. The van der Waals surface area contributed by atoms with Gasteiger partial charge >= 0.3 is 0 Å². The number of aromatic nitrogens is 2. The van der Waals surface area contributed by atoms with Gasteiger partial charge in [0.15, 0.2) is 0 Å². The number of imidazole rings is 1. The summed E-state index contributed by atoms with van der Waals surface area (Å²) in [5.41, 5.74) is 4.37. The summed E-state index contributed by atoms with van der Waals surface area (Å²) in [5, 5.41) is 1.13. The average Bonchev–Trinajstić information content (AvgIpc) is 3.37. The zero-order chi connectivity index (χ0) is 18.9. The fraction of sp³-hybridized carbons (Fsp3) is 0.0417. The van der Waals surface area contributed by atoms with Crippen LogP contribution in [0.1, 0.15) is 5.56 Å². The van der Waals surface area contributed by atoms with Crippen LogP contribution in [0.25, 0.3) is 28.0 Å². The van der Waals surface area contributed by atoms with E-state index in [0.717, 1.165) is 39.0 Å². The molecule has 0 amide bonds. The number of nitrogens with zero attached hydrogens (tertiary/aromatic N) is 2. The Hall–Kier alpha value is -3.11. The largest absolute Gasteiger partial charge is 0.456 e. The number of hydrogen-bond donors (Lipinski definition) is 0. The van der Waals surface area contributed by atoms with E-state index in [4.69, 9.17) is 4.42 Å². The van der Waals surface area contributed by atoms with Crippen LogP contribution < -0.4 is 4.57 Å². The maximum Gasteiger partial charge on any atom is 0.249 e. The van der Waals surface area contributed by atoms with Crippen LogP contribution in [0.2, 0.25) is 0 Å². The second-order valence-electron chi connectivity index (χ2n) is 6.78. The van der Waals surface area contributed by atoms with Crippen LogP contribution in [0.4, 0.5) is 0 Å². The van der Waals surface area contributed by atoms with Crippen LogP contribution in [0.5, 0.6) is 0 Å². The highest BCUT2D eigenvalue weighted by Crippen LogP contribution is 2.28. The molecule has 0 N–H and O–H groups in total. The fourth-order valence-corrected chi connectivity index (χ4v) is 3.80. The third-order valence-electron chi connectivity index (χ3n) is 4.88. The Morgan fingerprint density at radius 3 is 2.50 bits per heavy atom. The molecule has 0 aliphatic carbocycles. The number of rotatable bonds is 4. The van der Waals surface area contributed by atoms with Crippen molar-refractivity contribution in [2.24, 2.45) is 0 Å². The van der Waals surface area contributed by atoms with Crippen molar-refractivity contribution in [2.45, 2.75) is 6.54 Å². The Bertz CT molecular complexity index is 1220. The maximum absolute atomic E-state index is 5.97. The number of benzene rings is 3. The summed E-state index contributed by atoms with van der Waals surface area (Å²) >= 11 is 3.62. The van der Waals surface area contributed by atoms with Crippen LogP contribution in [-0.2, 0) is 6.54 Å². The third-order valence-corrected chi connectivity index (χ3v) is 5.65. The van der Waals surface area contributed by atoms with Crippen LogP contribution in [0, 0.1) is 0 Å². The van der Waals surface area contributed by atoms with E-state index in [0.29, 0.717) is 0 Å². The highest BCUT2D eigenvalue weighted by molar-refractivity contribution is 9.10. The minimum atomic E-state index is 0.825. The molecule has 3 aromatic carbocycles. The van der Waals surface area contributed by atoms with E-state index in [1.807, 2.05) is 24.3 Å². The van der Waals surface area contributed by atoms with Crippen LogP contribution in [-0.4, -0.2) is 4.57 Å². The lowest BCUT2D eigenvalue weighted by atomic mass is 10.1. The van der Waals surface area contributed by atoms with Crippen molar-refractivity contribution < 1.29 is 8.98 Å². The third kappa shape index (κ3) is 3.27. The Morgan fingerprint density at radius 2 is 1.68 bits per heavy atom. The molecule has 5 aromatic rings. The van der Waals surface area contributed by atoms with Crippen molar-refractivity contribution in [2.75, 3.05) is 0 Å². The van der Waals surface area contributed by atoms with Gasteiger partial charge in [0.2, 0.25) is 6.33 Å². The van der Waals surface area contributed by atoms with Gasteiger partial charge in [-0.2, -0.15) is 0 Å². The molecule has 136 valence electrons. The molecule has 0 spiro atoms. The number of fused-ring (bicyclic) bond motifs is 1. The fourth-order valence-electron chi connectivity index (χ4n) is 3.39. The molecule has 0 unspecified atom stereocenters.